The topological polar surface area (TPSA) is 91.5 Å². The van der Waals surface area contributed by atoms with Crippen LogP contribution in [-0.4, -0.2) is 35.4 Å². The second-order valence-corrected chi connectivity index (χ2v) is 6.62. The molecule has 4 rings (SSSR count). The highest BCUT2D eigenvalue weighted by Crippen LogP contribution is 2.36. The largest absolute Gasteiger partial charge is 0.497 e. The van der Waals surface area contributed by atoms with Crippen LogP contribution in [0, 0.1) is 0 Å². The number of carbonyl (C=O) groups excluding carboxylic acids is 2. The van der Waals surface area contributed by atoms with E-state index in [2.05, 4.69) is 10.3 Å². The van der Waals surface area contributed by atoms with Crippen LogP contribution in [0.1, 0.15) is 29.0 Å². The molecule has 0 spiro atoms. The zero-order valence-electron chi connectivity index (χ0n) is 14.4. The van der Waals surface area contributed by atoms with Gasteiger partial charge in [-0.15, -0.1) is 0 Å². The van der Waals surface area contributed by atoms with Crippen LogP contribution in [0.25, 0.3) is 0 Å². The molecular weight excluding hydrogens is 334 g/mol. The summed E-state index contributed by atoms with van der Waals surface area (Å²) in [5, 5.41) is 2.82. The zero-order valence-corrected chi connectivity index (χ0v) is 14.4. The first kappa shape index (κ1) is 16.4. The van der Waals surface area contributed by atoms with Gasteiger partial charge < -0.3 is 19.9 Å². The minimum Gasteiger partial charge on any atom is -0.497 e. The molecule has 134 valence electrons. The number of amides is 2. The third-order valence-corrected chi connectivity index (χ3v) is 5.03. The number of hydrogen-bond acceptors (Lipinski definition) is 4. The molecule has 7 nitrogen and oxygen atoms in total. The molecule has 1 unspecified atom stereocenters. The molecule has 0 saturated heterocycles. The molecule has 0 radical (unpaired) electrons. The minimum atomic E-state index is -0.529. The molecule has 2 aromatic rings. The number of ether oxygens (including phenoxy) is 1. The van der Waals surface area contributed by atoms with Crippen molar-refractivity contribution in [3.63, 3.8) is 0 Å². The molecule has 2 amide bonds. The fraction of sp³-hybridized carbons (Fsp3) is 0.316. The van der Waals surface area contributed by atoms with E-state index in [4.69, 9.17) is 4.74 Å². The molecule has 2 N–H and O–H groups in total. The summed E-state index contributed by atoms with van der Waals surface area (Å²) in [6, 6.07) is 6.93. The van der Waals surface area contributed by atoms with Gasteiger partial charge in [-0.2, -0.15) is 0 Å². The van der Waals surface area contributed by atoms with Crippen LogP contribution in [0.15, 0.2) is 35.3 Å². The quantitative estimate of drug-likeness (QED) is 0.854. The van der Waals surface area contributed by atoms with Gasteiger partial charge in [-0.3, -0.25) is 14.4 Å². The number of pyridine rings is 1. The number of anilines is 1. The van der Waals surface area contributed by atoms with E-state index in [1.54, 1.807) is 36.4 Å². The highest BCUT2D eigenvalue weighted by molar-refractivity contribution is 6.01. The van der Waals surface area contributed by atoms with Crippen molar-refractivity contribution in [2.24, 2.45) is 0 Å². The van der Waals surface area contributed by atoms with Gasteiger partial charge in [-0.1, -0.05) is 0 Å². The SMILES string of the molecule is COc1ccc2c(c1)C(C(=O)N1CCc3cc(=O)[nH]cc3C1)CC(=O)N2. The van der Waals surface area contributed by atoms with Gasteiger partial charge in [0.15, 0.2) is 0 Å². The smallest absolute Gasteiger partial charge is 0.248 e. The number of methoxy groups -OCH3 is 1. The molecule has 1 aromatic carbocycles. The van der Waals surface area contributed by atoms with Crippen LogP contribution in [0.4, 0.5) is 5.69 Å². The monoisotopic (exact) mass is 353 g/mol. The maximum absolute atomic E-state index is 13.2. The molecule has 0 aliphatic carbocycles. The normalized spacial score (nSPS) is 18.6. The number of aromatic amines is 1. The molecule has 2 aliphatic heterocycles. The van der Waals surface area contributed by atoms with Crippen molar-refractivity contribution in [1.29, 1.82) is 0 Å². The lowest BCUT2D eigenvalue weighted by molar-refractivity contribution is -0.135. The molecule has 1 atom stereocenters. The second-order valence-electron chi connectivity index (χ2n) is 6.62. The van der Waals surface area contributed by atoms with E-state index >= 15 is 0 Å². The van der Waals surface area contributed by atoms with Crippen LogP contribution in [0.2, 0.25) is 0 Å². The maximum Gasteiger partial charge on any atom is 0.248 e. The Morgan fingerprint density at radius 1 is 1.23 bits per heavy atom. The van der Waals surface area contributed by atoms with Crippen molar-refractivity contribution in [3.05, 3.63) is 57.5 Å². The van der Waals surface area contributed by atoms with Gasteiger partial charge in [0.25, 0.3) is 0 Å². The molecular formula is C19H19N3O4. The number of aromatic nitrogens is 1. The lowest BCUT2D eigenvalue weighted by Gasteiger charge is -2.33. The Balaban J connectivity index is 1.64. The molecule has 0 saturated carbocycles. The Morgan fingerprint density at radius 2 is 2.08 bits per heavy atom. The first-order chi connectivity index (χ1) is 12.5. The van der Waals surface area contributed by atoms with E-state index in [1.165, 1.54) is 0 Å². The summed E-state index contributed by atoms with van der Waals surface area (Å²) in [6.45, 7) is 0.967. The maximum atomic E-state index is 13.2. The second kappa shape index (κ2) is 6.33. The first-order valence-electron chi connectivity index (χ1n) is 8.52. The van der Waals surface area contributed by atoms with Crippen LogP contribution < -0.4 is 15.6 Å². The van der Waals surface area contributed by atoms with Crippen molar-refractivity contribution in [2.75, 3.05) is 19.0 Å². The third-order valence-electron chi connectivity index (χ3n) is 5.03. The van der Waals surface area contributed by atoms with E-state index in [-0.39, 0.29) is 23.8 Å². The van der Waals surface area contributed by atoms with Gasteiger partial charge >= 0.3 is 0 Å². The van der Waals surface area contributed by atoms with Gasteiger partial charge in [0.2, 0.25) is 17.4 Å². The van der Waals surface area contributed by atoms with Crippen molar-refractivity contribution < 1.29 is 14.3 Å². The van der Waals surface area contributed by atoms with Crippen LogP contribution in [0.5, 0.6) is 5.75 Å². The lowest BCUT2D eigenvalue weighted by atomic mass is 9.88. The van der Waals surface area contributed by atoms with Crippen molar-refractivity contribution >= 4 is 17.5 Å². The summed E-state index contributed by atoms with van der Waals surface area (Å²) in [7, 11) is 1.57. The number of rotatable bonds is 2. The van der Waals surface area contributed by atoms with E-state index in [1.807, 2.05) is 6.07 Å². The Kier molecular flexibility index (Phi) is 3.99. The number of hydrogen-bond donors (Lipinski definition) is 2. The molecule has 0 bridgehead atoms. The molecule has 1 aromatic heterocycles. The van der Waals surface area contributed by atoms with Gasteiger partial charge in [-0.25, -0.2) is 0 Å². The predicted octanol–water partition coefficient (Wildman–Crippen LogP) is 1.39. The number of fused-ring (bicyclic) bond motifs is 2. The summed E-state index contributed by atoms with van der Waals surface area (Å²) < 4.78 is 5.27. The summed E-state index contributed by atoms with van der Waals surface area (Å²) in [6.07, 6.45) is 2.42. The average molecular weight is 353 g/mol. The lowest BCUT2D eigenvalue weighted by Crippen LogP contribution is -2.41. The minimum absolute atomic E-state index is 0.0776. The Labute approximate surface area is 150 Å². The Bertz CT molecular complexity index is 950. The molecule has 3 heterocycles. The van der Waals surface area contributed by atoms with Crippen molar-refractivity contribution in [2.45, 2.75) is 25.3 Å². The van der Waals surface area contributed by atoms with Gasteiger partial charge in [0, 0.05) is 37.5 Å². The van der Waals surface area contributed by atoms with E-state index < -0.39 is 5.92 Å². The van der Waals surface area contributed by atoms with Crippen molar-refractivity contribution in [3.8, 4) is 5.75 Å². The zero-order chi connectivity index (χ0) is 18.3. The summed E-state index contributed by atoms with van der Waals surface area (Å²) >= 11 is 0. The Morgan fingerprint density at radius 3 is 2.88 bits per heavy atom. The van der Waals surface area contributed by atoms with Gasteiger partial charge in [0.1, 0.15) is 5.75 Å². The highest BCUT2D eigenvalue weighted by atomic mass is 16.5. The molecule has 7 heteroatoms. The highest BCUT2D eigenvalue weighted by Gasteiger charge is 2.35. The van der Waals surface area contributed by atoms with Gasteiger partial charge in [0.05, 0.1) is 13.0 Å². The van der Waals surface area contributed by atoms with Crippen molar-refractivity contribution in [1.82, 2.24) is 9.88 Å². The number of carbonyl (C=O) groups is 2. The van der Waals surface area contributed by atoms with Crippen LogP contribution in [-0.2, 0) is 22.6 Å². The number of nitrogens with zero attached hydrogens (tertiary/aromatic N) is 1. The van der Waals surface area contributed by atoms with Crippen LogP contribution >= 0.6 is 0 Å². The molecule has 26 heavy (non-hydrogen) atoms. The van der Waals surface area contributed by atoms with E-state index in [0.29, 0.717) is 30.9 Å². The predicted molar refractivity (Wildman–Crippen MR) is 95.2 cm³/mol. The molecule has 2 aliphatic rings. The Hall–Kier alpha value is -3.09. The first-order valence-corrected chi connectivity index (χ1v) is 8.52. The standard InChI is InChI=1S/C19H19N3O4/c1-26-13-2-3-16-14(7-13)15(8-18(24)21-16)19(25)22-5-4-11-6-17(23)20-9-12(11)10-22/h2-3,6-7,9,15H,4-5,8,10H2,1H3,(H,20,23)(H,21,24). The summed E-state index contributed by atoms with van der Waals surface area (Å²) in [4.78, 5) is 41.1. The van der Waals surface area contributed by atoms with Gasteiger partial charge in [-0.05, 0) is 41.3 Å². The fourth-order valence-electron chi connectivity index (χ4n) is 3.66. The number of H-pyrrole nitrogens is 1. The van der Waals surface area contributed by atoms with Crippen LogP contribution in [0.3, 0.4) is 0 Å². The number of benzene rings is 1. The van der Waals surface area contributed by atoms with E-state index in [9.17, 15) is 14.4 Å². The van der Waals surface area contributed by atoms with E-state index in [0.717, 1.165) is 16.7 Å². The summed E-state index contributed by atoms with van der Waals surface area (Å²) in [5.41, 5.74) is 3.22. The number of nitrogens with one attached hydrogen (secondary N) is 2. The molecule has 0 fully saturated rings. The fourth-order valence-corrected chi connectivity index (χ4v) is 3.66. The third kappa shape index (κ3) is 2.85. The average Bonchev–Trinajstić information content (AvgIpc) is 2.66. The summed E-state index contributed by atoms with van der Waals surface area (Å²) in [5.74, 6) is -0.119.